The molecular weight excluding hydrogens is 248 g/mol. The van der Waals surface area contributed by atoms with Crippen LogP contribution >= 0.6 is 0 Å². The maximum absolute atomic E-state index is 12.2. The Labute approximate surface area is 122 Å². The minimum absolute atomic E-state index is 0.0245. The molecule has 1 aliphatic rings. The van der Waals surface area contributed by atoms with Crippen molar-refractivity contribution in [3.8, 4) is 0 Å². The maximum Gasteiger partial charge on any atom is 0.317 e. The van der Waals surface area contributed by atoms with Crippen molar-refractivity contribution in [2.45, 2.75) is 52.1 Å². The van der Waals surface area contributed by atoms with Gasteiger partial charge >= 0.3 is 6.03 Å². The fraction of sp³-hybridized carbons (Fsp3) is 0.588. The minimum atomic E-state index is 0.0245. The number of amides is 2. The second kappa shape index (κ2) is 6.29. The molecule has 0 aliphatic heterocycles. The molecule has 0 bridgehead atoms. The Hall–Kier alpha value is -1.51. The fourth-order valence-electron chi connectivity index (χ4n) is 2.49. The van der Waals surface area contributed by atoms with Crippen molar-refractivity contribution in [1.82, 2.24) is 10.2 Å². The van der Waals surface area contributed by atoms with Crippen molar-refractivity contribution in [3.05, 3.63) is 35.4 Å². The third-order valence-corrected chi connectivity index (χ3v) is 4.46. The summed E-state index contributed by atoms with van der Waals surface area (Å²) in [6.45, 7) is 6.32. The van der Waals surface area contributed by atoms with Crippen molar-refractivity contribution in [2.24, 2.45) is 5.92 Å². The average Bonchev–Trinajstić information content (AvgIpc) is 3.30. The van der Waals surface area contributed by atoms with Gasteiger partial charge in [0.2, 0.25) is 0 Å². The van der Waals surface area contributed by atoms with Crippen LogP contribution in [-0.4, -0.2) is 24.0 Å². The maximum atomic E-state index is 12.2. The molecule has 1 N–H and O–H groups in total. The van der Waals surface area contributed by atoms with Crippen LogP contribution in [0.5, 0.6) is 0 Å². The van der Waals surface area contributed by atoms with E-state index in [2.05, 4.69) is 43.4 Å². The normalized spacial score (nSPS) is 17.4. The molecule has 1 aliphatic carbocycles. The van der Waals surface area contributed by atoms with Gasteiger partial charge in [-0.2, -0.15) is 0 Å². The van der Waals surface area contributed by atoms with Crippen molar-refractivity contribution >= 4 is 6.03 Å². The van der Waals surface area contributed by atoms with Crippen LogP contribution in [0.2, 0.25) is 0 Å². The molecule has 1 aromatic rings. The van der Waals surface area contributed by atoms with Crippen molar-refractivity contribution in [1.29, 1.82) is 0 Å². The van der Waals surface area contributed by atoms with Crippen molar-refractivity contribution in [3.63, 3.8) is 0 Å². The highest BCUT2D eigenvalue weighted by Gasteiger charge is 2.32. The molecule has 0 saturated heterocycles. The Morgan fingerprint density at radius 1 is 1.30 bits per heavy atom. The molecule has 0 unspecified atom stereocenters. The molecule has 0 heterocycles. The molecule has 0 aromatic heterocycles. The number of hydrogen-bond donors (Lipinski definition) is 1. The van der Waals surface area contributed by atoms with E-state index < -0.39 is 0 Å². The summed E-state index contributed by atoms with van der Waals surface area (Å²) in [6, 6.07) is 8.88. The van der Waals surface area contributed by atoms with E-state index in [9.17, 15) is 4.79 Å². The van der Waals surface area contributed by atoms with Gasteiger partial charge < -0.3 is 10.2 Å². The van der Waals surface area contributed by atoms with Gasteiger partial charge in [0, 0.05) is 13.1 Å². The molecule has 3 nitrogen and oxygen atoms in total. The quantitative estimate of drug-likeness (QED) is 0.871. The Morgan fingerprint density at radius 3 is 2.40 bits per heavy atom. The molecule has 2 atom stereocenters. The molecule has 0 spiro atoms. The van der Waals surface area contributed by atoms with E-state index in [4.69, 9.17) is 0 Å². The molecule has 1 saturated carbocycles. The number of urea groups is 1. The summed E-state index contributed by atoms with van der Waals surface area (Å²) >= 11 is 0. The minimum Gasteiger partial charge on any atom is -0.331 e. The van der Waals surface area contributed by atoms with Crippen molar-refractivity contribution in [2.75, 3.05) is 7.05 Å². The van der Waals surface area contributed by atoms with E-state index in [1.165, 1.54) is 18.4 Å². The van der Waals surface area contributed by atoms with Gasteiger partial charge in [-0.3, -0.25) is 0 Å². The van der Waals surface area contributed by atoms with Crippen LogP contribution in [0.3, 0.4) is 0 Å². The first kappa shape index (κ1) is 14.9. The van der Waals surface area contributed by atoms with Gasteiger partial charge in [0.15, 0.2) is 0 Å². The van der Waals surface area contributed by atoms with Crippen LogP contribution in [-0.2, 0) is 6.42 Å². The van der Waals surface area contributed by atoms with Crippen LogP contribution in [0.1, 0.15) is 50.8 Å². The van der Waals surface area contributed by atoms with E-state index in [-0.39, 0.29) is 12.1 Å². The molecule has 20 heavy (non-hydrogen) atoms. The lowest BCUT2D eigenvalue weighted by Gasteiger charge is -2.27. The monoisotopic (exact) mass is 274 g/mol. The summed E-state index contributed by atoms with van der Waals surface area (Å²) in [7, 11) is 1.89. The molecule has 0 radical (unpaired) electrons. The summed E-state index contributed by atoms with van der Waals surface area (Å²) in [5.74, 6) is 0.699. The first-order chi connectivity index (χ1) is 9.52. The van der Waals surface area contributed by atoms with Gasteiger partial charge in [0.05, 0.1) is 6.04 Å². The SMILES string of the molecule is CCc1ccc([C@@H](C)NC(=O)N(C)[C@H](C)C2CC2)cc1. The van der Waals surface area contributed by atoms with Gasteiger partial charge in [-0.05, 0) is 50.2 Å². The highest BCUT2D eigenvalue weighted by Crippen LogP contribution is 2.34. The third kappa shape index (κ3) is 3.53. The third-order valence-electron chi connectivity index (χ3n) is 4.46. The summed E-state index contributed by atoms with van der Waals surface area (Å²) in [6.07, 6.45) is 3.56. The molecule has 3 heteroatoms. The highest BCUT2D eigenvalue weighted by atomic mass is 16.2. The Balaban J connectivity index is 1.91. The van der Waals surface area contributed by atoms with Crippen LogP contribution in [0.4, 0.5) is 4.79 Å². The van der Waals surface area contributed by atoms with Crippen LogP contribution in [0, 0.1) is 5.92 Å². The lowest BCUT2D eigenvalue weighted by atomic mass is 10.1. The van der Waals surface area contributed by atoms with Crippen LogP contribution in [0.15, 0.2) is 24.3 Å². The zero-order valence-corrected chi connectivity index (χ0v) is 13.0. The smallest absolute Gasteiger partial charge is 0.317 e. The number of carbonyl (C=O) groups is 1. The molecule has 2 rings (SSSR count). The summed E-state index contributed by atoms with van der Waals surface area (Å²) in [5.41, 5.74) is 2.48. The zero-order chi connectivity index (χ0) is 14.7. The highest BCUT2D eigenvalue weighted by molar-refractivity contribution is 5.74. The number of benzene rings is 1. The number of hydrogen-bond acceptors (Lipinski definition) is 1. The van der Waals surface area contributed by atoms with E-state index >= 15 is 0 Å². The summed E-state index contributed by atoms with van der Waals surface area (Å²) in [5, 5.41) is 3.08. The lowest BCUT2D eigenvalue weighted by Crippen LogP contribution is -2.44. The van der Waals surface area contributed by atoms with Gasteiger partial charge in [-0.25, -0.2) is 4.79 Å². The zero-order valence-electron chi connectivity index (χ0n) is 13.0. The first-order valence-electron chi connectivity index (χ1n) is 7.65. The standard InChI is InChI=1S/C17H26N2O/c1-5-14-6-8-15(9-7-14)12(2)18-17(20)19(4)13(3)16-10-11-16/h6-9,12-13,16H,5,10-11H2,1-4H3,(H,18,20)/t12-,13-/m1/s1. The van der Waals surface area contributed by atoms with Gasteiger partial charge in [-0.1, -0.05) is 31.2 Å². The number of rotatable bonds is 5. The fourth-order valence-corrected chi connectivity index (χ4v) is 2.49. The number of carbonyl (C=O) groups excluding carboxylic acids is 1. The van der Waals surface area contributed by atoms with Gasteiger partial charge in [-0.15, -0.1) is 0 Å². The van der Waals surface area contributed by atoms with E-state index in [0.29, 0.717) is 12.0 Å². The van der Waals surface area contributed by atoms with E-state index in [1.54, 1.807) is 0 Å². The number of aryl methyl sites for hydroxylation is 1. The van der Waals surface area contributed by atoms with Gasteiger partial charge in [0.25, 0.3) is 0 Å². The van der Waals surface area contributed by atoms with E-state index in [0.717, 1.165) is 12.0 Å². The lowest BCUT2D eigenvalue weighted by molar-refractivity contribution is 0.185. The molecule has 1 fully saturated rings. The Morgan fingerprint density at radius 2 is 1.90 bits per heavy atom. The Kier molecular flexibility index (Phi) is 4.69. The van der Waals surface area contributed by atoms with E-state index in [1.807, 2.05) is 18.9 Å². The molecule has 1 aromatic carbocycles. The number of nitrogens with one attached hydrogen (secondary N) is 1. The van der Waals surface area contributed by atoms with Crippen LogP contribution in [0.25, 0.3) is 0 Å². The van der Waals surface area contributed by atoms with Gasteiger partial charge in [0.1, 0.15) is 0 Å². The molecular formula is C17H26N2O. The topological polar surface area (TPSA) is 32.3 Å². The summed E-state index contributed by atoms with van der Waals surface area (Å²) in [4.78, 5) is 14.1. The predicted octanol–water partition coefficient (Wildman–Crippen LogP) is 3.75. The molecule has 110 valence electrons. The average molecular weight is 274 g/mol. The van der Waals surface area contributed by atoms with Crippen LogP contribution < -0.4 is 5.32 Å². The first-order valence-corrected chi connectivity index (χ1v) is 7.65. The number of nitrogens with zero attached hydrogens (tertiary/aromatic N) is 1. The second-order valence-corrected chi connectivity index (χ2v) is 5.96. The summed E-state index contributed by atoms with van der Waals surface area (Å²) < 4.78 is 0. The second-order valence-electron chi connectivity index (χ2n) is 5.96. The largest absolute Gasteiger partial charge is 0.331 e. The Bertz CT molecular complexity index is 451. The molecule has 2 amide bonds. The van der Waals surface area contributed by atoms with Crippen molar-refractivity contribution < 1.29 is 4.79 Å². The predicted molar refractivity (Wildman–Crippen MR) is 82.7 cm³/mol.